The standard InChI is InChI=1S/C19H20O3/c1-21-18-12-9-17(10-13-18)11-14-19(20)22-15-5-8-16-6-3-2-4-7-16/h2-4,6-7,9-14H,5,8,15H2,1H3. The highest BCUT2D eigenvalue weighted by atomic mass is 16.5. The van der Waals surface area contributed by atoms with E-state index in [0.29, 0.717) is 6.61 Å². The van der Waals surface area contributed by atoms with Crippen LogP contribution in [0.2, 0.25) is 0 Å². The lowest BCUT2D eigenvalue weighted by Gasteiger charge is -2.02. The molecule has 0 N–H and O–H groups in total. The normalized spacial score (nSPS) is 10.6. The monoisotopic (exact) mass is 296 g/mol. The molecule has 2 aromatic rings. The summed E-state index contributed by atoms with van der Waals surface area (Å²) in [5.41, 5.74) is 2.19. The number of carbonyl (C=O) groups excluding carboxylic acids is 1. The Hall–Kier alpha value is -2.55. The van der Waals surface area contributed by atoms with Gasteiger partial charge in [-0.25, -0.2) is 4.79 Å². The molecule has 0 saturated carbocycles. The van der Waals surface area contributed by atoms with Gasteiger partial charge in [-0.1, -0.05) is 42.5 Å². The van der Waals surface area contributed by atoms with Crippen LogP contribution >= 0.6 is 0 Å². The molecule has 0 fully saturated rings. The maximum atomic E-state index is 11.6. The molecular weight excluding hydrogens is 276 g/mol. The molecule has 0 heterocycles. The second kappa shape index (κ2) is 8.67. The Kier molecular flexibility index (Phi) is 6.24. The molecule has 0 aliphatic carbocycles. The molecule has 114 valence electrons. The van der Waals surface area contributed by atoms with Crippen LogP contribution in [-0.4, -0.2) is 19.7 Å². The molecule has 3 heteroatoms. The van der Waals surface area contributed by atoms with Gasteiger partial charge in [0.2, 0.25) is 0 Å². The molecule has 2 aromatic carbocycles. The van der Waals surface area contributed by atoms with Crippen molar-refractivity contribution in [1.29, 1.82) is 0 Å². The fraction of sp³-hybridized carbons (Fsp3) is 0.211. The number of aryl methyl sites for hydroxylation is 1. The number of methoxy groups -OCH3 is 1. The number of benzene rings is 2. The highest BCUT2D eigenvalue weighted by molar-refractivity contribution is 5.87. The van der Waals surface area contributed by atoms with Crippen molar-refractivity contribution in [3.63, 3.8) is 0 Å². The fourth-order valence-electron chi connectivity index (χ4n) is 2.02. The van der Waals surface area contributed by atoms with Gasteiger partial charge in [0.25, 0.3) is 0 Å². The van der Waals surface area contributed by atoms with Gasteiger partial charge in [0.05, 0.1) is 13.7 Å². The number of esters is 1. The first-order chi connectivity index (χ1) is 10.8. The van der Waals surface area contributed by atoms with Crippen LogP contribution in [0.4, 0.5) is 0 Å². The summed E-state index contributed by atoms with van der Waals surface area (Å²) in [6.07, 6.45) is 4.92. The van der Waals surface area contributed by atoms with Gasteiger partial charge in [0.15, 0.2) is 0 Å². The van der Waals surface area contributed by atoms with Crippen LogP contribution in [0, 0.1) is 0 Å². The van der Waals surface area contributed by atoms with Crippen LogP contribution in [-0.2, 0) is 16.0 Å². The summed E-state index contributed by atoms with van der Waals surface area (Å²) >= 11 is 0. The minimum absolute atomic E-state index is 0.316. The summed E-state index contributed by atoms with van der Waals surface area (Å²) < 4.78 is 10.3. The van der Waals surface area contributed by atoms with E-state index >= 15 is 0 Å². The molecule has 0 aliphatic rings. The van der Waals surface area contributed by atoms with Crippen molar-refractivity contribution in [2.75, 3.05) is 13.7 Å². The third-order valence-electron chi connectivity index (χ3n) is 3.22. The molecule has 0 aliphatic heterocycles. The fourth-order valence-corrected chi connectivity index (χ4v) is 2.02. The molecule has 22 heavy (non-hydrogen) atoms. The quantitative estimate of drug-likeness (QED) is 0.442. The summed E-state index contributed by atoms with van der Waals surface area (Å²) in [5, 5.41) is 0. The zero-order valence-electron chi connectivity index (χ0n) is 12.7. The minimum Gasteiger partial charge on any atom is -0.497 e. The number of hydrogen-bond donors (Lipinski definition) is 0. The van der Waals surface area contributed by atoms with Crippen molar-refractivity contribution in [2.45, 2.75) is 12.8 Å². The first-order valence-corrected chi connectivity index (χ1v) is 7.31. The molecule has 0 spiro atoms. The van der Waals surface area contributed by atoms with Crippen molar-refractivity contribution in [3.8, 4) is 5.75 Å². The molecule has 2 rings (SSSR count). The molecule has 3 nitrogen and oxygen atoms in total. The number of rotatable bonds is 7. The second-order valence-electron chi connectivity index (χ2n) is 4.86. The molecule has 0 bridgehead atoms. The zero-order valence-corrected chi connectivity index (χ0v) is 12.7. The van der Waals surface area contributed by atoms with Crippen molar-refractivity contribution in [3.05, 3.63) is 71.8 Å². The Labute approximate surface area is 131 Å². The van der Waals surface area contributed by atoms with Crippen LogP contribution < -0.4 is 4.74 Å². The van der Waals surface area contributed by atoms with Gasteiger partial charge in [-0.2, -0.15) is 0 Å². The maximum Gasteiger partial charge on any atom is 0.330 e. The summed E-state index contributed by atoms with van der Waals surface area (Å²) in [4.78, 5) is 11.6. The second-order valence-corrected chi connectivity index (χ2v) is 4.86. The summed E-state index contributed by atoms with van der Waals surface area (Å²) in [6.45, 7) is 0.431. The topological polar surface area (TPSA) is 35.5 Å². The smallest absolute Gasteiger partial charge is 0.330 e. The SMILES string of the molecule is COc1ccc(C=CC(=O)OCCCc2ccccc2)cc1. The average Bonchev–Trinajstić information content (AvgIpc) is 2.58. The molecule has 0 radical (unpaired) electrons. The van der Waals surface area contributed by atoms with Gasteiger partial charge in [0.1, 0.15) is 5.75 Å². The molecule has 0 amide bonds. The van der Waals surface area contributed by atoms with Gasteiger partial charge >= 0.3 is 5.97 Å². The predicted molar refractivity (Wildman–Crippen MR) is 87.8 cm³/mol. The lowest BCUT2D eigenvalue weighted by atomic mass is 10.1. The van der Waals surface area contributed by atoms with Gasteiger partial charge in [-0.05, 0) is 42.2 Å². The van der Waals surface area contributed by atoms with Crippen LogP contribution in [0.5, 0.6) is 5.75 Å². The summed E-state index contributed by atoms with van der Waals surface area (Å²) in [6, 6.07) is 17.6. The number of ether oxygens (including phenoxy) is 2. The van der Waals surface area contributed by atoms with E-state index in [-0.39, 0.29) is 5.97 Å². The molecule has 0 unspecified atom stereocenters. The van der Waals surface area contributed by atoms with E-state index in [9.17, 15) is 4.79 Å². The Balaban J connectivity index is 1.69. The van der Waals surface area contributed by atoms with E-state index < -0.39 is 0 Å². The van der Waals surface area contributed by atoms with Crippen LogP contribution in [0.1, 0.15) is 17.5 Å². The van der Waals surface area contributed by atoms with Crippen LogP contribution in [0.25, 0.3) is 6.08 Å². The van der Waals surface area contributed by atoms with Crippen molar-refractivity contribution >= 4 is 12.0 Å². The molecule has 0 atom stereocenters. The van der Waals surface area contributed by atoms with Crippen molar-refractivity contribution in [1.82, 2.24) is 0 Å². The number of hydrogen-bond acceptors (Lipinski definition) is 3. The largest absolute Gasteiger partial charge is 0.497 e. The van der Waals surface area contributed by atoms with E-state index in [1.807, 2.05) is 42.5 Å². The van der Waals surface area contributed by atoms with Crippen molar-refractivity contribution in [2.24, 2.45) is 0 Å². The highest BCUT2D eigenvalue weighted by Crippen LogP contribution is 2.12. The van der Waals surface area contributed by atoms with Crippen molar-refractivity contribution < 1.29 is 14.3 Å². The summed E-state index contributed by atoms with van der Waals surface area (Å²) in [5.74, 6) is 0.476. The Morgan fingerprint density at radius 2 is 1.77 bits per heavy atom. The average molecular weight is 296 g/mol. The third kappa shape index (κ3) is 5.44. The third-order valence-corrected chi connectivity index (χ3v) is 3.22. The van der Waals surface area contributed by atoms with Gasteiger partial charge < -0.3 is 9.47 Å². The van der Waals surface area contributed by atoms with Gasteiger partial charge in [-0.3, -0.25) is 0 Å². The Bertz CT molecular complexity index is 600. The van der Waals surface area contributed by atoms with E-state index in [1.165, 1.54) is 11.6 Å². The van der Waals surface area contributed by atoms with Crippen LogP contribution in [0.3, 0.4) is 0 Å². The highest BCUT2D eigenvalue weighted by Gasteiger charge is 1.98. The molecular formula is C19H20O3. The lowest BCUT2D eigenvalue weighted by molar-refractivity contribution is -0.137. The first-order valence-electron chi connectivity index (χ1n) is 7.31. The zero-order chi connectivity index (χ0) is 15.6. The van der Waals surface area contributed by atoms with E-state index in [2.05, 4.69) is 12.1 Å². The Morgan fingerprint density at radius 1 is 1.05 bits per heavy atom. The Morgan fingerprint density at radius 3 is 2.45 bits per heavy atom. The van der Waals surface area contributed by atoms with E-state index in [4.69, 9.17) is 9.47 Å². The van der Waals surface area contributed by atoms with Gasteiger partial charge in [-0.15, -0.1) is 0 Å². The van der Waals surface area contributed by atoms with E-state index in [1.54, 1.807) is 13.2 Å². The molecule has 0 aromatic heterocycles. The molecule has 0 saturated heterocycles. The van der Waals surface area contributed by atoms with Crippen LogP contribution in [0.15, 0.2) is 60.7 Å². The minimum atomic E-state index is -0.316. The predicted octanol–water partition coefficient (Wildman–Crippen LogP) is 3.88. The maximum absolute atomic E-state index is 11.6. The number of carbonyl (C=O) groups is 1. The lowest BCUT2D eigenvalue weighted by Crippen LogP contribution is -2.03. The first kappa shape index (κ1) is 15.8. The summed E-state index contributed by atoms with van der Waals surface area (Å²) in [7, 11) is 1.62. The van der Waals surface area contributed by atoms with Gasteiger partial charge in [0, 0.05) is 6.08 Å². The van der Waals surface area contributed by atoms with E-state index in [0.717, 1.165) is 24.2 Å².